The molecule has 2 aliphatic rings. The molecule has 2 unspecified atom stereocenters. The number of nitrogens with zero attached hydrogens (tertiary/aromatic N) is 2. The average Bonchev–Trinajstić information content (AvgIpc) is 3.65. The number of nitrogens with two attached hydrogens (primary N) is 1. The predicted molar refractivity (Wildman–Crippen MR) is 191 cm³/mol. The zero-order valence-electron chi connectivity index (χ0n) is 28.7. The number of carbonyl (C=O) groups is 3. The number of rotatable bonds is 21. The molecule has 7 heteroatoms. The van der Waals surface area contributed by atoms with Crippen molar-refractivity contribution in [1.82, 2.24) is 15.1 Å². The second-order valence-electron chi connectivity index (χ2n) is 13.3. The Kier molecular flexibility index (Phi) is 14.4. The zero-order valence-corrected chi connectivity index (χ0v) is 28.7. The van der Waals surface area contributed by atoms with E-state index in [-0.39, 0.29) is 23.6 Å². The topological polar surface area (TPSA) is 95.7 Å². The van der Waals surface area contributed by atoms with Gasteiger partial charge in [0.05, 0.1) is 16.5 Å². The molecule has 2 aromatic carbocycles. The summed E-state index contributed by atoms with van der Waals surface area (Å²) in [5.41, 5.74) is 8.53. The molecule has 47 heavy (non-hydrogen) atoms. The highest BCUT2D eigenvalue weighted by molar-refractivity contribution is 6.21. The quantitative estimate of drug-likeness (QED) is 0.0867. The first kappa shape index (κ1) is 36.3. The number of primary amides is 1. The smallest absolute Gasteiger partial charge is 0.261 e. The van der Waals surface area contributed by atoms with E-state index in [1.165, 1.54) is 56.3 Å². The Bertz CT molecular complexity index is 1340. The average molecular weight is 641 g/mol. The van der Waals surface area contributed by atoms with Crippen molar-refractivity contribution in [1.29, 1.82) is 0 Å². The molecule has 2 heterocycles. The van der Waals surface area contributed by atoms with Crippen molar-refractivity contribution < 1.29 is 14.4 Å². The highest BCUT2D eigenvalue weighted by atomic mass is 16.2. The molecule has 1 saturated heterocycles. The minimum Gasteiger partial charge on any atom is -0.369 e. The predicted octanol–water partition coefficient (Wildman–Crippen LogP) is 7.04. The molecule has 2 atom stereocenters. The van der Waals surface area contributed by atoms with E-state index < -0.39 is 5.41 Å². The Hall–Kier alpha value is -3.55. The number of allylic oxidation sites excluding steroid dienone is 3. The highest BCUT2D eigenvalue weighted by Crippen LogP contribution is 2.43. The summed E-state index contributed by atoms with van der Waals surface area (Å²) in [7, 11) is 0. The fourth-order valence-corrected chi connectivity index (χ4v) is 7.54. The summed E-state index contributed by atoms with van der Waals surface area (Å²) in [5.74, 6) is -0.408. The van der Waals surface area contributed by atoms with Crippen molar-refractivity contribution >= 4 is 17.7 Å². The third-order valence-electron chi connectivity index (χ3n) is 10.1. The lowest BCUT2D eigenvalue weighted by molar-refractivity contribution is -0.124. The van der Waals surface area contributed by atoms with E-state index >= 15 is 0 Å². The molecule has 0 aromatic heterocycles. The summed E-state index contributed by atoms with van der Waals surface area (Å²) < 4.78 is 0. The Morgan fingerprint density at radius 2 is 1.40 bits per heavy atom. The third kappa shape index (κ3) is 9.29. The van der Waals surface area contributed by atoms with Gasteiger partial charge in [-0.25, -0.2) is 0 Å². The van der Waals surface area contributed by atoms with Gasteiger partial charge < -0.3 is 16.0 Å². The summed E-state index contributed by atoms with van der Waals surface area (Å²) in [6, 6.07) is 17.2. The molecule has 4 rings (SSSR count). The molecule has 3 amide bonds. The van der Waals surface area contributed by atoms with Gasteiger partial charge in [0.1, 0.15) is 0 Å². The lowest BCUT2D eigenvalue weighted by Gasteiger charge is -2.38. The van der Waals surface area contributed by atoms with Crippen molar-refractivity contribution in [2.75, 3.05) is 39.3 Å². The normalized spacial score (nSPS) is 18.3. The highest BCUT2D eigenvalue weighted by Gasteiger charge is 2.49. The molecule has 0 radical (unpaired) electrons. The fourth-order valence-electron chi connectivity index (χ4n) is 7.54. The van der Waals surface area contributed by atoms with Gasteiger partial charge in [0.15, 0.2) is 0 Å². The van der Waals surface area contributed by atoms with Crippen LogP contribution in [0.2, 0.25) is 0 Å². The van der Waals surface area contributed by atoms with Crippen molar-refractivity contribution in [3.05, 3.63) is 95.1 Å². The Morgan fingerprint density at radius 1 is 0.830 bits per heavy atom. The zero-order chi connectivity index (χ0) is 33.5. The molecule has 1 fully saturated rings. The third-order valence-corrected chi connectivity index (χ3v) is 10.1. The van der Waals surface area contributed by atoms with Gasteiger partial charge >= 0.3 is 0 Å². The molecule has 0 saturated carbocycles. The van der Waals surface area contributed by atoms with E-state index in [1.807, 2.05) is 37.3 Å². The molecular weight excluding hydrogens is 584 g/mol. The number of nitrogens with one attached hydrogen (secondary N) is 1. The first-order valence-corrected chi connectivity index (χ1v) is 17.9. The van der Waals surface area contributed by atoms with Crippen LogP contribution in [0.4, 0.5) is 0 Å². The lowest BCUT2D eigenvalue weighted by Crippen LogP contribution is -2.49. The van der Waals surface area contributed by atoms with Crippen LogP contribution in [-0.4, -0.2) is 66.8 Å². The van der Waals surface area contributed by atoms with Gasteiger partial charge in [-0.05, 0) is 89.3 Å². The van der Waals surface area contributed by atoms with Gasteiger partial charge in [-0.2, -0.15) is 0 Å². The van der Waals surface area contributed by atoms with E-state index in [2.05, 4.69) is 35.3 Å². The van der Waals surface area contributed by atoms with Crippen LogP contribution in [-0.2, 0) is 10.2 Å². The molecular formula is C40H56N4O3. The van der Waals surface area contributed by atoms with Crippen LogP contribution in [0.25, 0.3) is 0 Å². The van der Waals surface area contributed by atoms with Crippen LogP contribution in [0.15, 0.2) is 78.4 Å². The maximum atomic E-state index is 13.2. The monoisotopic (exact) mass is 640 g/mol. The van der Waals surface area contributed by atoms with Gasteiger partial charge in [0.25, 0.3) is 11.8 Å². The van der Waals surface area contributed by atoms with Gasteiger partial charge in [0.2, 0.25) is 5.91 Å². The maximum Gasteiger partial charge on any atom is 0.261 e. The summed E-state index contributed by atoms with van der Waals surface area (Å²) in [4.78, 5) is 42.0. The Morgan fingerprint density at radius 3 is 2.02 bits per heavy atom. The summed E-state index contributed by atoms with van der Waals surface area (Å²) in [6.45, 7) is 9.33. The van der Waals surface area contributed by atoms with Crippen molar-refractivity contribution in [2.45, 2.75) is 89.9 Å². The van der Waals surface area contributed by atoms with Crippen LogP contribution in [0, 0.1) is 5.92 Å². The standard InChI is InChI=1S/C40H56N4O3/c1-3-4-20-32(2)40(39(41)47,33-21-13-12-14-22-33)34-25-30-43(31-34)28-18-11-9-7-5-6-8-10-17-26-42-27-19-29-44-37(45)35-23-15-16-24-36(35)38(44)46/h3-4,12-16,20-24,34,42H,5-11,17-19,25-31H2,1-2H3,(H2,41,47). The lowest BCUT2D eigenvalue weighted by atomic mass is 9.64. The van der Waals surface area contributed by atoms with Gasteiger partial charge in [0, 0.05) is 13.1 Å². The van der Waals surface area contributed by atoms with Crippen molar-refractivity contribution in [3.63, 3.8) is 0 Å². The molecule has 0 bridgehead atoms. The number of unbranched alkanes of at least 4 members (excludes halogenated alkanes) is 8. The van der Waals surface area contributed by atoms with Crippen LogP contribution in [0.5, 0.6) is 0 Å². The van der Waals surface area contributed by atoms with Gasteiger partial charge in [-0.1, -0.05) is 111 Å². The number of amides is 3. The first-order chi connectivity index (χ1) is 22.9. The Balaban J connectivity index is 1.02. The molecule has 0 aliphatic carbocycles. The first-order valence-electron chi connectivity index (χ1n) is 17.9. The van der Waals surface area contributed by atoms with Gasteiger partial charge in [-0.15, -0.1) is 0 Å². The number of fused-ring (bicyclic) bond motifs is 1. The van der Waals surface area contributed by atoms with E-state index in [1.54, 1.807) is 24.3 Å². The molecule has 0 spiro atoms. The molecule has 2 aromatic rings. The minimum absolute atomic E-state index is 0.165. The largest absolute Gasteiger partial charge is 0.369 e. The number of benzene rings is 2. The summed E-state index contributed by atoms with van der Waals surface area (Å²) in [6.07, 6.45) is 19.1. The maximum absolute atomic E-state index is 13.2. The molecule has 7 nitrogen and oxygen atoms in total. The Labute approximate surface area is 282 Å². The summed E-state index contributed by atoms with van der Waals surface area (Å²) >= 11 is 0. The van der Waals surface area contributed by atoms with E-state index in [0.717, 1.165) is 63.1 Å². The number of imide groups is 1. The fraction of sp³-hybridized carbons (Fsp3) is 0.525. The SMILES string of the molecule is CC=CC=C(C)C(C(N)=O)(c1ccccc1)C1CCN(CCCCCCCCCCCNCCCN2C(=O)c3ccccc3C2=O)C1. The molecule has 254 valence electrons. The second kappa shape index (κ2) is 18.7. The van der Waals surface area contributed by atoms with Crippen LogP contribution in [0.3, 0.4) is 0 Å². The molecule has 2 aliphatic heterocycles. The van der Waals surface area contributed by atoms with E-state index in [9.17, 15) is 14.4 Å². The van der Waals surface area contributed by atoms with Crippen molar-refractivity contribution in [2.24, 2.45) is 11.7 Å². The minimum atomic E-state index is -0.782. The van der Waals surface area contributed by atoms with E-state index in [4.69, 9.17) is 5.73 Å². The van der Waals surface area contributed by atoms with Crippen molar-refractivity contribution in [3.8, 4) is 0 Å². The van der Waals surface area contributed by atoms with Crippen LogP contribution >= 0.6 is 0 Å². The van der Waals surface area contributed by atoms with E-state index in [0.29, 0.717) is 17.7 Å². The van der Waals surface area contributed by atoms with Gasteiger partial charge in [-0.3, -0.25) is 19.3 Å². The number of hydrogen-bond acceptors (Lipinski definition) is 5. The number of carbonyl (C=O) groups excluding carboxylic acids is 3. The summed E-state index contributed by atoms with van der Waals surface area (Å²) in [5, 5.41) is 3.46. The van der Waals surface area contributed by atoms with Crippen LogP contribution in [0.1, 0.15) is 111 Å². The second-order valence-corrected chi connectivity index (χ2v) is 13.3. The number of likely N-dealkylation sites (tertiary alicyclic amines) is 1. The van der Waals surface area contributed by atoms with Crippen LogP contribution < -0.4 is 11.1 Å². The number of hydrogen-bond donors (Lipinski definition) is 2. The molecule has 3 N–H and O–H groups in total.